The molecule has 8 unspecified atom stereocenters. The van der Waals surface area contributed by atoms with Crippen molar-refractivity contribution in [3.63, 3.8) is 0 Å². The molecule has 0 bridgehead atoms. The fourth-order valence-corrected chi connectivity index (χ4v) is 6.47. The van der Waals surface area contributed by atoms with Gasteiger partial charge in [-0.3, -0.25) is 9.69 Å². The highest BCUT2D eigenvalue weighted by Gasteiger charge is 2.46. The van der Waals surface area contributed by atoms with Gasteiger partial charge in [0.1, 0.15) is 6.17 Å². The van der Waals surface area contributed by atoms with Gasteiger partial charge in [-0.05, 0) is 84.3 Å². The minimum absolute atomic E-state index is 0.0184. The molecule has 4 aliphatic rings. The number of hydrogen-bond donors (Lipinski definition) is 2. The number of nitrogens with one attached hydrogen (secondary N) is 2. The van der Waals surface area contributed by atoms with Crippen LogP contribution in [0.3, 0.4) is 0 Å². The van der Waals surface area contributed by atoms with Gasteiger partial charge in [-0.25, -0.2) is 4.39 Å². The summed E-state index contributed by atoms with van der Waals surface area (Å²) in [6, 6.07) is 1.47. The van der Waals surface area contributed by atoms with Crippen molar-refractivity contribution < 1.29 is 9.18 Å². The lowest BCUT2D eigenvalue weighted by atomic mass is 9.77. The van der Waals surface area contributed by atoms with E-state index in [0.29, 0.717) is 30.8 Å². The minimum Gasteiger partial charge on any atom is -0.352 e. The molecule has 0 radical (unpaired) electrons. The van der Waals surface area contributed by atoms with E-state index < -0.39 is 6.17 Å². The second-order valence-corrected chi connectivity index (χ2v) is 10.5. The summed E-state index contributed by atoms with van der Waals surface area (Å²) in [4.78, 5) is 18.0. The van der Waals surface area contributed by atoms with Crippen LogP contribution in [0.5, 0.6) is 0 Å². The number of nitrogens with zero attached hydrogens (tertiary/aromatic N) is 2. The van der Waals surface area contributed by atoms with Crippen LogP contribution in [-0.2, 0) is 4.79 Å². The van der Waals surface area contributed by atoms with Gasteiger partial charge in [0, 0.05) is 36.6 Å². The van der Waals surface area contributed by atoms with Gasteiger partial charge in [0.15, 0.2) is 0 Å². The molecule has 8 atom stereocenters. The maximum atomic E-state index is 14.4. The maximum absolute atomic E-state index is 14.4. The summed E-state index contributed by atoms with van der Waals surface area (Å²) in [6.45, 7) is 4.54. The van der Waals surface area contributed by atoms with Gasteiger partial charge in [0.05, 0.1) is 6.04 Å². The molecule has 2 aliphatic carbocycles. The number of likely N-dealkylation sites (tertiary alicyclic amines) is 1. The van der Waals surface area contributed by atoms with E-state index in [1.54, 1.807) is 0 Å². The van der Waals surface area contributed by atoms with E-state index >= 15 is 0 Å². The van der Waals surface area contributed by atoms with E-state index in [-0.39, 0.29) is 30.0 Å². The summed E-state index contributed by atoms with van der Waals surface area (Å²) in [7, 11) is 4.38. The summed E-state index contributed by atoms with van der Waals surface area (Å²) in [6.07, 6.45) is 8.64. The highest BCUT2D eigenvalue weighted by Crippen LogP contribution is 2.38. The fraction of sp³-hybridized carbons (Fsp3) is 0.957. The van der Waals surface area contributed by atoms with E-state index in [1.807, 2.05) is 0 Å². The number of rotatable bonds is 4. The molecule has 0 aromatic rings. The summed E-state index contributed by atoms with van der Waals surface area (Å²) < 4.78 is 14.4. The average molecular weight is 409 g/mol. The van der Waals surface area contributed by atoms with Gasteiger partial charge in [-0.2, -0.15) is 0 Å². The van der Waals surface area contributed by atoms with Crippen LogP contribution in [0.25, 0.3) is 0 Å². The molecular formula is C23H41FN4O. The molecule has 4 fully saturated rings. The lowest BCUT2D eigenvalue weighted by Crippen LogP contribution is -2.54. The summed E-state index contributed by atoms with van der Waals surface area (Å²) in [5.41, 5.74) is 0. The Labute approximate surface area is 176 Å². The van der Waals surface area contributed by atoms with Gasteiger partial charge in [-0.1, -0.05) is 6.92 Å². The van der Waals surface area contributed by atoms with Crippen molar-refractivity contribution in [2.75, 3.05) is 27.2 Å². The Morgan fingerprint density at radius 1 is 1.10 bits per heavy atom. The zero-order valence-corrected chi connectivity index (χ0v) is 18.6. The Morgan fingerprint density at radius 2 is 1.93 bits per heavy atom. The third kappa shape index (κ3) is 4.80. The molecule has 5 nitrogen and oxygen atoms in total. The molecule has 2 saturated carbocycles. The van der Waals surface area contributed by atoms with Crippen molar-refractivity contribution >= 4 is 5.91 Å². The largest absolute Gasteiger partial charge is 0.352 e. The second-order valence-electron chi connectivity index (χ2n) is 10.5. The number of amides is 1. The Balaban J connectivity index is 1.30. The molecule has 29 heavy (non-hydrogen) atoms. The van der Waals surface area contributed by atoms with E-state index in [2.05, 4.69) is 41.5 Å². The SMILES string of the molecule is CC1CCC(F)C2CC(C(=O)NC3CCCC(N4CCCC(N(C)C)C4)C3)NC12. The first-order valence-corrected chi connectivity index (χ1v) is 12.0. The standard InChI is InChI=1S/C23H41FN4O/c1-15-9-10-20(24)19-13-21(26-22(15)19)23(29)25-16-6-4-7-17(12-16)28-11-5-8-18(14-28)27(2)3/h15-22,26H,4-14H2,1-3H3,(H,25,29). The number of carbonyl (C=O) groups is 1. The topological polar surface area (TPSA) is 47.6 Å². The van der Waals surface area contributed by atoms with Gasteiger partial charge >= 0.3 is 0 Å². The first-order valence-electron chi connectivity index (χ1n) is 12.0. The summed E-state index contributed by atoms with van der Waals surface area (Å²) >= 11 is 0. The molecular weight excluding hydrogens is 367 g/mol. The number of hydrogen-bond acceptors (Lipinski definition) is 4. The zero-order chi connectivity index (χ0) is 20.5. The van der Waals surface area contributed by atoms with Crippen LogP contribution in [0.2, 0.25) is 0 Å². The van der Waals surface area contributed by atoms with Crippen molar-refractivity contribution in [2.24, 2.45) is 11.8 Å². The number of alkyl halides is 1. The smallest absolute Gasteiger partial charge is 0.237 e. The molecule has 6 heteroatoms. The molecule has 4 rings (SSSR count). The van der Waals surface area contributed by atoms with Gasteiger partial charge in [-0.15, -0.1) is 0 Å². The predicted octanol–water partition coefficient (Wildman–Crippen LogP) is 2.55. The Kier molecular flexibility index (Phi) is 6.82. The van der Waals surface area contributed by atoms with Crippen LogP contribution in [0.15, 0.2) is 0 Å². The Morgan fingerprint density at radius 3 is 2.69 bits per heavy atom. The number of piperidine rings is 1. The van der Waals surface area contributed by atoms with Crippen LogP contribution in [0, 0.1) is 11.8 Å². The van der Waals surface area contributed by atoms with Crippen LogP contribution in [-0.4, -0.2) is 79.3 Å². The Hall–Kier alpha value is -0.720. The third-order valence-electron chi connectivity index (χ3n) is 8.32. The number of likely N-dealkylation sites (N-methyl/N-ethyl adjacent to an activating group) is 1. The van der Waals surface area contributed by atoms with Crippen LogP contribution >= 0.6 is 0 Å². The first-order chi connectivity index (χ1) is 13.9. The lowest BCUT2D eigenvalue weighted by Gasteiger charge is -2.43. The van der Waals surface area contributed by atoms with E-state index in [1.165, 1.54) is 32.2 Å². The molecule has 0 spiro atoms. The number of halogens is 1. The monoisotopic (exact) mass is 408 g/mol. The van der Waals surface area contributed by atoms with Crippen molar-refractivity contribution in [1.82, 2.24) is 20.4 Å². The van der Waals surface area contributed by atoms with Crippen molar-refractivity contribution in [3.8, 4) is 0 Å². The van der Waals surface area contributed by atoms with Gasteiger partial charge < -0.3 is 15.5 Å². The quantitative estimate of drug-likeness (QED) is 0.751. The maximum Gasteiger partial charge on any atom is 0.237 e. The lowest BCUT2D eigenvalue weighted by molar-refractivity contribution is -0.124. The molecule has 2 heterocycles. The highest BCUT2D eigenvalue weighted by molar-refractivity contribution is 5.82. The molecule has 0 aromatic carbocycles. The van der Waals surface area contributed by atoms with Crippen LogP contribution < -0.4 is 10.6 Å². The van der Waals surface area contributed by atoms with E-state index in [0.717, 1.165) is 25.8 Å². The predicted molar refractivity (Wildman–Crippen MR) is 115 cm³/mol. The van der Waals surface area contributed by atoms with Crippen LogP contribution in [0.4, 0.5) is 4.39 Å². The van der Waals surface area contributed by atoms with Crippen molar-refractivity contribution in [3.05, 3.63) is 0 Å². The summed E-state index contributed by atoms with van der Waals surface area (Å²) in [5.74, 6) is 0.590. The molecule has 2 aliphatic heterocycles. The molecule has 166 valence electrons. The Bertz CT molecular complexity index is 555. The van der Waals surface area contributed by atoms with Crippen molar-refractivity contribution in [2.45, 2.75) is 101 Å². The summed E-state index contributed by atoms with van der Waals surface area (Å²) in [5, 5.41) is 6.83. The zero-order valence-electron chi connectivity index (χ0n) is 18.6. The molecule has 2 N–H and O–H groups in total. The first kappa shape index (κ1) is 21.5. The van der Waals surface area contributed by atoms with Gasteiger partial charge in [0.25, 0.3) is 0 Å². The normalized spacial score (nSPS) is 43.9. The van der Waals surface area contributed by atoms with Crippen molar-refractivity contribution in [1.29, 1.82) is 0 Å². The van der Waals surface area contributed by atoms with E-state index in [9.17, 15) is 9.18 Å². The second kappa shape index (κ2) is 9.19. The minimum atomic E-state index is -0.746. The van der Waals surface area contributed by atoms with Crippen LogP contribution in [0.1, 0.15) is 64.7 Å². The van der Waals surface area contributed by atoms with E-state index in [4.69, 9.17) is 0 Å². The highest BCUT2D eigenvalue weighted by atomic mass is 19.1. The number of fused-ring (bicyclic) bond motifs is 1. The third-order valence-corrected chi connectivity index (χ3v) is 8.32. The number of carbonyl (C=O) groups excluding carboxylic acids is 1. The molecule has 1 amide bonds. The fourth-order valence-electron chi connectivity index (χ4n) is 6.47. The molecule has 0 aromatic heterocycles. The molecule has 2 saturated heterocycles. The average Bonchev–Trinajstić information content (AvgIpc) is 3.18. The van der Waals surface area contributed by atoms with Gasteiger partial charge in [0.2, 0.25) is 5.91 Å².